The molecule has 2 aromatic rings. The molecule has 1 heterocycles. The molecule has 1 aromatic carbocycles. The summed E-state index contributed by atoms with van der Waals surface area (Å²) in [4.78, 5) is 14.9. The number of rotatable bonds is 7. The lowest BCUT2D eigenvalue weighted by Gasteiger charge is -2.05. The molecule has 5 nitrogen and oxygen atoms in total. The average molecular weight is 306 g/mol. The van der Waals surface area contributed by atoms with E-state index >= 15 is 0 Å². The Bertz CT molecular complexity index is 679. The van der Waals surface area contributed by atoms with Gasteiger partial charge >= 0.3 is 6.09 Å². The Kier molecular flexibility index (Phi) is 5.52. The van der Waals surface area contributed by atoms with Crippen LogP contribution in [0.3, 0.4) is 0 Å². The van der Waals surface area contributed by atoms with Gasteiger partial charge < -0.3 is 14.8 Å². The molecule has 0 aliphatic carbocycles. The maximum atomic E-state index is 12.8. The van der Waals surface area contributed by atoms with Crippen LogP contribution in [0.25, 0.3) is 11.1 Å². The number of hydrogen-bond acceptors (Lipinski definition) is 3. The van der Waals surface area contributed by atoms with Crippen molar-refractivity contribution in [1.29, 1.82) is 0 Å². The second kappa shape index (κ2) is 7.59. The maximum absolute atomic E-state index is 12.8. The molecule has 6 heteroatoms. The van der Waals surface area contributed by atoms with Crippen molar-refractivity contribution in [1.82, 2.24) is 10.3 Å². The van der Waals surface area contributed by atoms with Crippen molar-refractivity contribution in [2.75, 3.05) is 6.54 Å². The van der Waals surface area contributed by atoms with E-state index in [2.05, 4.69) is 17.2 Å². The summed E-state index contributed by atoms with van der Waals surface area (Å²) in [7, 11) is 0. The normalized spacial score (nSPS) is 11.8. The lowest BCUT2D eigenvalue weighted by atomic mass is 10.1. The van der Waals surface area contributed by atoms with Gasteiger partial charge in [-0.15, -0.1) is 0 Å². The molecule has 0 aliphatic heterocycles. The van der Waals surface area contributed by atoms with E-state index in [0.717, 1.165) is 30.3 Å². The fraction of sp³-hybridized carbons (Fsp3) is 0.375. The van der Waals surface area contributed by atoms with Gasteiger partial charge in [-0.3, -0.25) is 0 Å². The number of nitrogens with one attached hydrogen (secondary N) is 1. The van der Waals surface area contributed by atoms with Crippen molar-refractivity contribution in [2.45, 2.75) is 32.6 Å². The summed E-state index contributed by atoms with van der Waals surface area (Å²) in [5.41, 5.74) is 2.66. The van der Waals surface area contributed by atoms with Crippen LogP contribution in [0.5, 0.6) is 0 Å². The lowest BCUT2D eigenvalue weighted by Crippen LogP contribution is -2.23. The highest BCUT2D eigenvalue weighted by Crippen LogP contribution is 2.20. The molecule has 0 fully saturated rings. The molecule has 0 atom stereocenters. The van der Waals surface area contributed by atoms with Crippen LogP contribution in [0.15, 0.2) is 34.5 Å². The first kappa shape index (κ1) is 16.0. The number of halogens is 1. The highest BCUT2D eigenvalue weighted by Gasteiger charge is 2.08. The van der Waals surface area contributed by atoms with E-state index in [1.165, 1.54) is 0 Å². The standard InChI is InChI=1S/C16H19FN2O3/c1-2-3-4-15-19-13-6-5-11(8-14(13)22-15)7-12(9-17)10-18-16(20)21/h5-6,8-9,18H,2-4,7,10H2,1H3,(H,20,21). The Morgan fingerprint density at radius 2 is 2.32 bits per heavy atom. The van der Waals surface area contributed by atoms with Crippen molar-refractivity contribution in [2.24, 2.45) is 0 Å². The van der Waals surface area contributed by atoms with Crippen LogP contribution in [-0.4, -0.2) is 22.7 Å². The van der Waals surface area contributed by atoms with E-state index < -0.39 is 6.09 Å². The largest absolute Gasteiger partial charge is 0.465 e. The van der Waals surface area contributed by atoms with Gasteiger partial charge in [-0.05, 0) is 36.1 Å². The molecule has 0 aliphatic rings. The van der Waals surface area contributed by atoms with E-state index in [-0.39, 0.29) is 6.54 Å². The van der Waals surface area contributed by atoms with Gasteiger partial charge in [0.2, 0.25) is 0 Å². The van der Waals surface area contributed by atoms with Crippen LogP contribution in [0.1, 0.15) is 31.2 Å². The first-order chi connectivity index (χ1) is 10.6. The van der Waals surface area contributed by atoms with Crippen molar-refractivity contribution < 1.29 is 18.7 Å². The number of carbonyl (C=O) groups is 1. The Labute approximate surface area is 127 Å². The van der Waals surface area contributed by atoms with Crippen LogP contribution >= 0.6 is 0 Å². The van der Waals surface area contributed by atoms with Gasteiger partial charge in [0, 0.05) is 13.0 Å². The molecular formula is C16H19FN2O3. The van der Waals surface area contributed by atoms with Gasteiger partial charge in [0.15, 0.2) is 11.5 Å². The van der Waals surface area contributed by atoms with Gasteiger partial charge in [0.1, 0.15) is 5.52 Å². The zero-order chi connectivity index (χ0) is 15.9. The summed E-state index contributed by atoms with van der Waals surface area (Å²) in [6.45, 7) is 2.07. The summed E-state index contributed by atoms with van der Waals surface area (Å²) < 4.78 is 18.5. The van der Waals surface area contributed by atoms with Gasteiger partial charge in [-0.1, -0.05) is 19.4 Å². The third-order valence-corrected chi connectivity index (χ3v) is 3.29. The number of amides is 1. The topological polar surface area (TPSA) is 75.4 Å². The Hall–Kier alpha value is -2.37. The number of oxazole rings is 1. The van der Waals surface area contributed by atoms with Crippen molar-refractivity contribution in [3.05, 3.63) is 41.6 Å². The molecule has 1 amide bonds. The van der Waals surface area contributed by atoms with Crippen molar-refractivity contribution in [3.63, 3.8) is 0 Å². The zero-order valence-corrected chi connectivity index (χ0v) is 12.4. The van der Waals surface area contributed by atoms with Crippen molar-refractivity contribution in [3.8, 4) is 0 Å². The quantitative estimate of drug-likeness (QED) is 0.815. The van der Waals surface area contributed by atoms with E-state index in [9.17, 15) is 9.18 Å². The van der Waals surface area contributed by atoms with Gasteiger partial charge in [0.05, 0.1) is 6.33 Å². The van der Waals surface area contributed by atoms with Crippen LogP contribution in [-0.2, 0) is 12.8 Å². The summed E-state index contributed by atoms with van der Waals surface area (Å²) >= 11 is 0. The Morgan fingerprint density at radius 3 is 3.00 bits per heavy atom. The minimum absolute atomic E-state index is 0.0397. The average Bonchev–Trinajstić information content (AvgIpc) is 2.91. The monoisotopic (exact) mass is 306 g/mol. The van der Waals surface area contributed by atoms with E-state index in [0.29, 0.717) is 29.8 Å². The number of hydrogen-bond donors (Lipinski definition) is 2. The number of aromatic nitrogens is 1. The Morgan fingerprint density at radius 1 is 1.50 bits per heavy atom. The molecule has 0 spiro atoms. The number of benzene rings is 1. The minimum atomic E-state index is -1.18. The Balaban J connectivity index is 2.09. The molecule has 0 unspecified atom stereocenters. The van der Waals surface area contributed by atoms with Gasteiger partial charge in [-0.25, -0.2) is 14.2 Å². The fourth-order valence-corrected chi connectivity index (χ4v) is 2.15. The summed E-state index contributed by atoms with van der Waals surface area (Å²) in [6.07, 6.45) is 2.48. The first-order valence-corrected chi connectivity index (χ1v) is 7.25. The predicted molar refractivity (Wildman–Crippen MR) is 81.5 cm³/mol. The first-order valence-electron chi connectivity index (χ1n) is 7.25. The number of nitrogens with zero attached hydrogens (tertiary/aromatic N) is 1. The van der Waals surface area contributed by atoms with Crippen LogP contribution in [0.4, 0.5) is 9.18 Å². The van der Waals surface area contributed by atoms with Crippen LogP contribution in [0.2, 0.25) is 0 Å². The van der Waals surface area contributed by atoms with Gasteiger partial charge in [-0.2, -0.15) is 0 Å². The third-order valence-electron chi connectivity index (χ3n) is 3.29. The smallest absolute Gasteiger partial charge is 0.404 e. The van der Waals surface area contributed by atoms with Crippen LogP contribution < -0.4 is 5.32 Å². The predicted octanol–water partition coefficient (Wildman–Crippen LogP) is 3.83. The summed E-state index contributed by atoms with van der Waals surface area (Å²) in [6, 6.07) is 5.50. The number of fused-ring (bicyclic) bond motifs is 1. The molecule has 22 heavy (non-hydrogen) atoms. The molecule has 1 aromatic heterocycles. The molecule has 0 saturated carbocycles. The number of unbranched alkanes of at least 4 members (excludes halogenated alkanes) is 1. The van der Waals surface area contributed by atoms with E-state index in [4.69, 9.17) is 9.52 Å². The van der Waals surface area contributed by atoms with E-state index in [1.807, 2.05) is 18.2 Å². The molecule has 0 bridgehead atoms. The SMILES string of the molecule is CCCCc1nc2ccc(CC(=CF)CNC(=O)O)cc2o1. The highest BCUT2D eigenvalue weighted by atomic mass is 19.1. The zero-order valence-electron chi connectivity index (χ0n) is 12.4. The fourth-order valence-electron chi connectivity index (χ4n) is 2.15. The molecule has 0 radical (unpaired) electrons. The number of carboxylic acid groups (broad SMARTS) is 1. The van der Waals surface area contributed by atoms with Crippen LogP contribution in [0, 0.1) is 0 Å². The van der Waals surface area contributed by atoms with E-state index in [1.54, 1.807) is 0 Å². The summed E-state index contributed by atoms with van der Waals surface area (Å²) in [5.74, 6) is 0.711. The van der Waals surface area contributed by atoms with Crippen molar-refractivity contribution >= 4 is 17.2 Å². The minimum Gasteiger partial charge on any atom is -0.465 e. The molecule has 0 saturated heterocycles. The molecular weight excluding hydrogens is 287 g/mol. The summed E-state index contributed by atoms with van der Waals surface area (Å²) in [5, 5.41) is 10.7. The maximum Gasteiger partial charge on any atom is 0.404 e. The second-order valence-corrected chi connectivity index (χ2v) is 5.12. The second-order valence-electron chi connectivity index (χ2n) is 5.12. The molecule has 118 valence electrons. The van der Waals surface area contributed by atoms with Gasteiger partial charge in [0.25, 0.3) is 0 Å². The molecule has 2 rings (SSSR count). The molecule has 2 N–H and O–H groups in total. The lowest BCUT2D eigenvalue weighted by molar-refractivity contribution is 0.195. The number of aryl methyl sites for hydroxylation is 1. The third kappa shape index (κ3) is 4.31. The highest BCUT2D eigenvalue weighted by molar-refractivity contribution is 5.73.